The lowest BCUT2D eigenvalue weighted by molar-refractivity contribution is 0.231. The van der Waals surface area contributed by atoms with E-state index in [2.05, 4.69) is 21.9 Å². The molecule has 0 aliphatic carbocycles. The van der Waals surface area contributed by atoms with E-state index in [-0.39, 0.29) is 4.90 Å². The van der Waals surface area contributed by atoms with Gasteiger partial charge in [-0.1, -0.05) is 0 Å². The summed E-state index contributed by atoms with van der Waals surface area (Å²) < 4.78 is 39.2. The van der Waals surface area contributed by atoms with Gasteiger partial charge in [0.25, 0.3) is 4.84 Å². The lowest BCUT2D eigenvalue weighted by Gasteiger charge is -2.24. The van der Waals surface area contributed by atoms with Gasteiger partial charge in [0.1, 0.15) is 5.75 Å². The maximum atomic E-state index is 12.6. The van der Waals surface area contributed by atoms with Gasteiger partial charge in [0.2, 0.25) is 10.0 Å². The highest BCUT2D eigenvalue weighted by Crippen LogP contribution is 2.25. The SMILES string of the molecule is COc1ccc(N2CCCN(Cn3c(=S)oc4ccc(S(=O)(=O)N(C)C)cc43)CC2)cc1. The number of hydrogen-bond acceptors (Lipinski definition) is 7. The van der Waals surface area contributed by atoms with Crippen LogP contribution in [0.1, 0.15) is 6.42 Å². The van der Waals surface area contributed by atoms with Gasteiger partial charge in [0.05, 0.1) is 24.2 Å². The van der Waals surface area contributed by atoms with Crippen LogP contribution in [0.2, 0.25) is 0 Å². The van der Waals surface area contributed by atoms with Crippen molar-refractivity contribution >= 4 is 39.0 Å². The van der Waals surface area contributed by atoms with Crippen molar-refractivity contribution in [2.24, 2.45) is 0 Å². The van der Waals surface area contributed by atoms with E-state index < -0.39 is 10.0 Å². The average molecular weight is 477 g/mol. The van der Waals surface area contributed by atoms with Gasteiger partial charge in [-0.15, -0.1) is 0 Å². The Morgan fingerprint density at radius 3 is 2.50 bits per heavy atom. The second-order valence-corrected chi connectivity index (χ2v) is 10.5. The number of sulfonamides is 1. The number of ether oxygens (including phenoxy) is 1. The molecule has 0 saturated carbocycles. The van der Waals surface area contributed by atoms with Gasteiger partial charge in [0.15, 0.2) is 5.58 Å². The molecule has 0 N–H and O–H groups in total. The molecule has 32 heavy (non-hydrogen) atoms. The topological polar surface area (TPSA) is 71.2 Å². The Morgan fingerprint density at radius 2 is 1.81 bits per heavy atom. The molecule has 2 heterocycles. The molecule has 3 aromatic rings. The van der Waals surface area contributed by atoms with Crippen LogP contribution in [-0.4, -0.2) is 69.6 Å². The van der Waals surface area contributed by atoms with Crippen LogP contribution in [0.4, 0.5) is 5.69 Å². The highest BCUT2D eigenvalue weighted by atomic mass is 32.2. The van der Waals surface area contributed by atoms with E-state index in [0.717, 1.165) is 38.3 Å². The van der Waals surface area contributed by atoms with Crippen LogP contribution in [-0.2, 0) is 16.7 Å². The minimum absolute atomic E-state index is 0.223. The average Bonchev–Trinajstić information content (AvgIpc) is 2.94. The van der Waals surface area contributed by atoms with Gasteiger partial charge in [-0.05, 0) is 61.1 Å². The molecule has 0 unspecified atom stereocenters. The molecule has 4 rings (SSSR count). The number of fused-ring (bicyclic) bond motifs is 1. The Bertz CT molecular complexity index is 1250. The van der Waals surface area contributed by atoms with E-state index in [1.807, 2.05) is 16.7 Å². The molecule has 8 nitrogen and oxygen atoms in total. The van der Waals surface area contributed by atoms with Crippen molar-refractivity contribution in [3.05, 3.63) is 47.3 Å². The van der Waals surface area contributed by atoms with Crippen molar-refractivity contribution in [3.63, 3.8) is 0 Å². The summed E-state index contributed by atoms with van der Waals surface area (Å²) in [6, 6.07) is 13.0. The number of nitrogens with zero attached hydrogens (tertiary/aromatic N) is 4. The van der Waals surface area contributed by atoms with Crippen LogP contribution < -0.4 is 9.64 Å². The van der Waals surface area contributed by atoms with Crippen molar-refractivity contribution in [3.8, 4) is 5.75 Å². The molecule has 1 fully saturated rings. The second kappa shape index (κ2) is 9.22. The maximum Gasteiger partial charge on any atom is 0.270 e. The first-order chi connectivity index (χ1) is 15.3. The van der Waals surface area contributed by atoms with E-state index >= 15 is 0 Å². The molecule has 172 valence electrons. The van der Waals surface area contributed by atoms with Crippen molar-refractivity contribution in [2.45, 2.75) is 18.0 Å². The molecule has 1 aliphatic rings. The molecule has 0 radical (unpaired) electrons. The molecule has 1 saturated heterocycles. The smallest absolute Gasteiger partial charge is 0.270 e. The van der Waals surface area contributed by atoms with E-state index in [9.17, 15) is 8.42 Å². The number of oxazole rings is 1. The molecular weight excluding hydrogens is 448 g/mol. The first kappa shape index (κ1) is 22.8. The molecule has 10 heteroatoms. The van der Waals surface area contributed by atoms with Crippen molar-refractivity contribution in [2.75, 3.05) is 52.3 Å². The molecule has 0 amide bonds. The Morgan fingerprint density at radius 1 is 1.06 bits per heavy atom. The number of methoxy groups -OCH3 is 1. The van der Waals surface area contributed by atoms with Crippen LogP contribution in [0, 0.1) is 4.84 Å². The largest absolute Gasteiger partial charge is 0.497 e. The van der Waals surface area contributed by atoms with Gasteiger partial charge in [-0.3, -0.25) is 9.47 Å². The molecule has 0 bridgehead atoms. The second-order valence-electron chi connectivity index (χ2n) is 8.01. The number of benzene rings is 2. The summed E-state index contributed by atoms with van der Waals surface area (Å²) in [6.45, 7) is 4.17. The number of rotatable bonds is 6. The summed E-state index contributed by atoms with van der Waals surface area (Å²) in [5, 5.41) is 0. The molecule has 2 aromatic carbocycles. The van der Waals surface area contributed by atoms with E-state index in [4.69, 9.17) is 21.4 Å². The normalized spacial score (nSPS) is 15.9. The maximum absolute atomic E-state index is 12.6. The fourth-order valence-corrected chi connectivity index (χ4v) is 5.08. The van der Waals surface area contributed by atoms with Gasteiger partial charge < -0.3 is 14.1 Å². The molecule has 0 atom stereocenters. The zero-order chi connectivity index (χ0) is 22.9. The van der Waals surface area contributed by atoms with Crippen molar-refractivity contribution in [1.82, 2.24) is 13.8 Å². The summed E-state index contributed by atoms with van der Waals surface area (Å²) in [7, 11) is 1.17. The Hall–Kier alpha value is -2.40. The summed E-state index contributed by atoms with van der Waals surface area (Å²) in [6.07, 6.45) is 1.01. The third kappa shape index (κ3) is 4.54. The van der Waals surface area contributed by atoms with Crippen LogP contribution in [0.15, 0.2) is 51.8 Å². The van der Waals surface area contributed by atoms with Crippen molar-refractivity contribution in [1.29, 1.82) is 0 Å². The van der Waals surface area contributed by atoms with Crippen LogP contribution in [0.5, 0.6) is 5.75 Å². The summed E-state index contributed by atoms with van der Waals surface area (Å²) >= 11 is 5.45. The zero-order valence-electron chi connectivity index (χ0n) is 18.5. The predicted molar refractivity (Wildman–Crippen MR) is 127 cm³/mol. The lowest BCUT2D eigenvalue weighted by Crippen LogP contribution is -2.32. The predicted octanol–water partition coefficient (Wildman–Crippen LogP) is 3.39. The Labute approximate surface area is 193 Å². The van der Waals surface area contributed by atoms with E-state index in [1.54, 1.807) is 25.3 Å². The Balaban J connectivity index is 1.54. The van der Waals surface area contributed by atoms with Crippen molar-refractivity contribution < 1.29 is 17.6 Å². The van der Waals surface area contributed by atoms with Gasteiger partial charge in [-0.25, -0.2) is 12.7 Å². The monoisotopic (exact) mass is 476 g/mol. The first-order valence-electron chi connectivity index (χ1n) is 10.5. The minimum atomic E-state index is -3.54. The molecule has 0 spiro atoms. The summed E-state index contributed by atoms with van der Waals surface area (Å²) in [5.74, 6) is 0.849. The third-order valence-electron chi connectivity index (χ3n) is 5.78. The number of hydrogen-bond donors (Lipinski definition) is 0. The zero-order valence-corrected chi connectivity index (χ0v) is 20.2. The van der Waals surface area contributed by atoms with E-state index in [1.165, 1.54) is 24.1 Å². The summed E-state index contributed by atoms with van der Waals surface area (Å²) in [5.41, 5.74) is 2.45. The molecular formula is C22H28N4O4S2. The lowest BCUT2D eigenvalue weighted by atomic mass is 10.2. The van der Waals surface area contributed by atoms with Crippen LogP contribution >= 0.6 is 12.2 Å². The summed E-state index contributed by atoms with van der Waals surface area (Å²) in [4.78, 5) is 5.26. The number of anilines is 1. The van der Waals surface area contributed by atoms with Gasteiger partial charge in [-0.2, -0.15) is 0 Å². The standard InChI is InChI=1S/C22H28N4O4S2/c1-23(2)32(27,28)19-9-10-21-20(15-19)26(22(31)30-21)16-24-11-4-12-25(14-13-24)17-5-7-18(29-3)8-6-17/h5-10,15H,4,11-14,16H2,1-3H3. The van der Waals surface area contributed by atoms with E-state index in [0.29, 0.717) is 22.6 Å². The van der Waals surface area contributed by atoms with Gasteiger partial charge in [0, 0.05) is 46.0 Å². The Kier molecular flexibility index (Phi) is 6.57. The fraction of sp³-hybridized carbons (Fsp3) is 0.409. The van der Waals surface area contributed by atoms with Crippen LogP contribution in [0.3, 0.4) is 0 Å². The quantitative estimate of drug-likeness (QED) is 0.505. The van der Waals surface area contributed by atoms with Gasteiger partial charge >= 0.3 is 0 Å². The fourth-order valence-electron chi connectivity index (χ4n) is 3.91. The number of aromatic nitrogens is 1. The third-order valence-corrected chi connectivity index (χ3v) is 7.90. The van der Waals surface area contributed by atoms with Crippen LogP contribution in [0.25, 0.3) is 11.1 Å². The highest BCUT2D eigenvalue weighted by Gasteiger charge is 2.21. The first-order valence-corrected chi connectivity index (χ1v) is 12.3. The highest BCUT2D eigenvalue weighted by molar-refractivity contribution is 7.89. The minimum Gasteiger partial charge on any atom is -0.497 e. The molecule has 1 aromatic heterocycles. The molecule has 1 aliphatic heterocycles.